The Bertz CT molecular complexity index is 635. The molecular formula is C19H26N2O2S. The molecular weight excluding hydrogens is 320 g/mol. The van der Waals surface area contributed by atoms with Crippen molar-refractivity contribution in [2.45, 2.75) is 33.4 Å². The summed E-state index contributed by atoms with van der Waals surface area (Å²) in [6, 6.07) is 10.0. The first kappa shape index (κ1) is 18.5. The van der Waals surface area contributed by atoms with Gasteiger partial charge in [-0.05, 0) is 62.5 Å². The third kappa shape index (κ3) is 5.65. The molecule has 0 radical (unpaired) electrons. The van der Waals surface area contributed by atoms with E-state index >= 15 is 0 Å². The summed E-state index contributed by atoms with van der Waals surface area (Å²) in [5, 5.41) is 4.99. The third-order valence-electron chi connectivity index (χ3n) is 3.97. The van der Waals surface area contributed by atoms with Gasteiger partial charge in [0.2, 0.25) is 5.91 Å². The molecule has 0 bridgehead atoms. The van der Waals surface area contributed by atoms with Crippen molar-refractivity contribution in [1.82, 2.24) is 10.2 Å². The van der Waals surface area contributed by atoms with Crippen molar-refractivity contribution < 1.29 is 9.53 Å². The number of hydrogen-bond acceptors (Lipinski definition) is 4. The van der Waals surface area contributed by atoms with Crippen LogP contribution in [0.15, 0.2) is 35.7 Å². The standard InChI is InChI=1S/C19H26N2O2S/c1-14-10-15(2)12-17(11-14)23-8-7-21(4)16(3)19(22)20-13-18-6-5-9-24-18/h5-6,9-12,16H,7-8,13H2,1-4H3,(H,20,22). The highest BCUT2D eigenvalue weighted by Crippen LogP contribution is 2.16. The number of amides is 1. The van der Waals surface area contributed by atoms with Gasteiger partial charge in [-0.1, -0.05) is 12.1 Å². The van der Waals surface area contributed by atoms with Gasteiger partial charge in [0.15, 0.2) is 0 Å². The fourth-order valence-electron chi connectivity index (χ4n) is 2.45. The summed E-state index contributed by atoms with van der Waals surface area (Å²) < 4.78 is 5.82. The quantitative estimate of drug-likeness (QED) is 0.797. The van der Waals surface area contributed by atoms with Gasteiger partial charge in [0, 0.05) is 11.4 Å². The topological polar surface area (TPSA) is 41.6 Å². The van der Waals surface area contributed by atoms with Crippen LogP contribution in [0.25, 0.3) is 0 Å². The second-order valence-corrected chi connectivity index (χ2v) is 7.16. The predicted molar refractivity (Wildman–Crippen MR) is 99.7 cm³/mol. The summed E-state index contributed by atoms with van der Waals surface area (Å²) in [7, 11) is 1.94. The highest BCUT2D eigenvalue weighted by Gasteiger charge is 2.17. The number of rotatable bonds is 8. The molecule has 130 valence electrons. The third-order valence-corrected chi connectivity index (χ3v) is 4.84. The predicted octanol–water partition coefficient (Wildman–Crippen LogP) is 3.38. The number of nitrogens with one attached hydrogen (secondary N) is 1. The SMILES string of the molecule is Cc1cc(C)cc(OCCN(C)C(C)C(=O)NCc2cccs2)c1. The number of carbonyl (C=O) groups is 1. The molecule has 5 heteroatoms. The fourth-order valence-corrected chi connectivity index (χ4v) is 3.10. The number of benzene rings is 1. The van der Waals surface area contributed by atoms with Gasteiger partial charge >= 0.3 is 0 Å². The smallest absolute Gasteiger partial charge is 0.237 e. The van der Waals surface area contributed by atoms with E-state index in [-0.39, 0.29) is 11.9 Å². The van der Waals surface area contributed by atoms with Crippen molar-refractivity contribution in [1.29, 1.82) is 0 Å². The zero-order valence-electron chi connectivity index (χ0n) is 14.8. The lowest BCUT2D eigenvalue weighted by Gasteiger charge is -2.23. The van der Waals surface area contributed by atoms with Gasteiger partial charge in [0.25, 0.3) is 0 Å². The van der Waals surface area contributed by atoms with Crippen molar-refractivity contribution in [3.63, 3.8) is 0 Å². The van der Waals surface area contributed by atoms with E-state index in [1.165, 1.54) is 11.1 Å². The molecule has 1 aromatic heterocycles. The molecule has 2 aromatic rings. The Kier molecular flexibility index (Phi) is 6.82. The number of carbonyl (C=O) groups excluding carboxylic acids is 1. The number of aryl methyl sites for hydroxylation is 2. The number of hydrogen-bond donors (Lipinski definition) is 1. The summed E-state index contributed by atoms with van der Waals surface area (Å²) in [4.78, 5) is 15.4. The maximum Gasteiger partial charge on any atom is 0.237 e. The van der Waals surface area contributed by atoms with Gasteiger partial charge in [-0.15, -0.1) is 11.3 Å². The lowest BCUT2D eigenvalue weighted by Crippen LogP contribution is -2.44. The van der Waals surface area contributed by atoms with Crippen LogP contribution in [0.4, 0.5) is 0 Å². The van der Waals surface area contributed by atoms with Crippen LogP contribution in [0, 0.1) is 13.8 Å². The average molecular weight is 346 g/mol. The zero-order valence-corrected chi connectivity index (χ0v) is 15.7. The number of likely N-dealkylation sites (N-methyl/N-ethyl adjacent to an activating group) is 1. The first-order chi connectivity index (χ1) is 11.5. The molecule has 0 aliphatic rings. The summed E-state index contributed by atoms with van der Waals surface area (Å²) in [5.41, 5.74) is 2.39. The molecule has 1 N–H and O–H groups in total. The molecule has 4 nitrogen and oxygen atoms in total. The van der Waals surface area contributed by atoms with Gasteiger partial charge in [0.1, 0.15) is 12.4 Å². The average Bonchev–Trinajstić information content (AvgIpc) is 3.04. The molecule has 0 spiro atoms. The molecule has 0 aliphatic heterocycles. The maximum atomic E-state index is 12.2. The second-order valence-electron chi connectivity index (χ2n) is 6.13. The van der Waals surface area contributed by atoms with Crippen molar-refractivity contribution in [3.8, 4) is 5.75 Å². The van der Waals surface area contributed by atoms with E-state index in [1.807, 2.05) is 48.5 Å². The van der Waals surface area contributed by atoms with Crippen LogP contribution >= 0.6 is 11.3 Å². The second kappa shape index (κ2) is 8.85. The van der Waals surface area contributed by atoms with Gasteiger partial charge in [-0.25, -0.2) is 0 Å². The molecule has 1 unspecified atom stereocenters. The van der Waals surface area contributed by atoms with Crippen LogP contribution in [-0.4, -0.2) is 37.0 Å². The minimum Gasteiger partial charge on any atom is -0.492 e. The van der Waals surface area contributed by atoms with Crippen LogP contribution in [0.5, 0.6) is 5.75 Å². The molecule has 1 heterocycles. The van der Waals surface area contributed by atoms with Gasteiger partial charge in [-0.2, -0.15) is 0 Å². The molecule has 0 saturated heterocycles. The van der Waals surface area contributed by atoms with E-state index in [0.29, 0.717) is 19.7 Å². The molecule has 0 saturated carbocycles. The van der Waals surface area contributed by atoms with Crippen LogP contribution < -0.4 is 10.1 Å². The first-order valence-corrected chi connectivity index (χ1v) is 9.05. The van der Waals surface area contributed by atoms with Crippen molar-refractivity contribution >= 4 is 17.2 Å². The number of nitrogens with zero attached hydrogens (tertiary/aromatic N) is 1. The normalized spacial score (nSPS) is 12.2. The Morgan fingerprint density at radius 3 is 2.62 bits per heavy atom. The molecule has 0 fully saturated rings. The van der Waals surface area contributed by atoms with Crippen molar-refractivity contribution in [2.24, 2.45) is 0 Å². The van der Waals surface area contributed by atoms with E-state index in [1.54, 1.807) is 11.3 Å². The molecule has 1 atom stereocenters. The highest BCUT2D eigenvalue weighted by atomic mass is 32.1. The maximum absolute atomic E-state index is 12.2. The molecule has 2 rings (SSSR count). The number of thiophene rings is 1. The van der Waals surface area contributed by atoms with E-state index in [0.717, 1.165) is 10.6 Å². The zero-order chi connectivity index (χ0) is 17.5. The Labute approximate surface area is 148 Å². The minimum absolute atomic E-state index is 0.0392. The number of ether oxygens (including phenoxy) is 1. The van der Waals surface area contributed by atoms with Crippen molar-refractivity contribution in [2.75, 3.05) is 20.2 Å². The van der Waals surface area contributed by atoms with Crippen LogP contribution in [0.1, 0.15) is 22.9 Å². The Hall–Kier alpha value is -1.85. The van der Waals surface area contributed by atoms with E-state index in [9.17, 15) is 4.79 Å². The van der Waals surface area contributed by atoms with E-state index < -0.39 is 0 Å². The summed E-state index contributed by atoms with van der Waals surface area (Å²) in [5.74, 6) is 0.924. The molecule has 0 aliphatic carbocycles. The lowest BCUT2D eigenvalue weighted by atomic mass is 10.1. The van der Waals surface area contributed by atoms with Gasteiger partial charge in [0.05, 0.1) is 12.6 Å². The lowest BCUT2D eigenvalue weighted by molar-refractivity contribution is -0.125. The fraction of sp³-hybridized carbons (Fsp3) is 0.421. The monoisotopic (exact) mass is 346 g/mol. The highest BCUT2D eigenvalue weighted by molar-refractivity contribution is 7.09. The summed E-state index contributed by atoms with van der Waals surface area (Å²) in [6.07, 6.45) is 0. The van der Waals surface area contributed by atoms with E-state index in [4.69, 9.17) is 4.74 Å². The molecule has 1 aromatic carbocycles. The Balaban J connectivity index is 1.74. The van der Waals surface area contributed by atoms with Crippen LogP contribution in [-0.2, 0) is 11.3 Å². The van der Waals surface area contributed by atoms with E-state index in [2.05, 4.69) is 25.2 Å². The molecule has 1 amide bonds. The summed E-state index contributed by atoms with van der Waals surface area (Å²) >= 11 is 1.65. The van der Waals surface area contributed by atoms with Gasteiger partial charge in [-0.3, -0.25) is 9.69 Å². The largest absolute Gasteiger partial charge is 0.492 e. The Morgan fingerprint density at radius 2 is 2.00 bits per heavy atom. The van der Waals surface area contributed by atoms with Gasteiger partial charge < -0.3 is 10.1 Å². The summed E-state index contributed by atoms with van der Waals surface area (Å²) in [6.45, 7) is 7.88. The van der Waals surface area contributed by atoms with Crippen LogP contribution in [0.3, 0.4) is 0 Å². The van der Waals surface area contributed by atoms with Crippen molar-refractivity contribution in [3.05, 3.63) is 51.7 Å². The minimum atomic E-state index is -0.187. The van der Waals surface area contributed by atoms with Crippen LogP contribution in [0.2, 0.25) is 0 Å². The molecule has 24 heavy (non-hydrogen) atoms. The Morgan fingerprint density at radius 1 is 1.29 bits per heavy atom. The first-order valence-electron chi connectivity index (χ1n) is 8.17.